The molecule has 1 aliphatic heterocycles. The highest BCUT2D eigenvalue weighted by Gasteiger charge is 2.20. The van der Waals surface area contributed by atoms with Crippen LogP contribution < -0.4 is 16.3 Å². The lowest BCUT2D eigenvalue weighted by Gasteiger charge is -2.25. The lowest BCUT2D eigenvalue weighted by molar-refractivity contribution is 0.173. The standard InChI is InChI=1S/C11H18N6O2/c1-8-7-17(11(19)15-12-8)16-10(18)14-13-9-5-3-2-4-6-9/h2-7H2,1H3,(H,15,19)(H2,14,16,18). The molecule has 0 aromatic carbocycles. The first-order valence-corrected chi connectivity index (χ1v) is 6.38. The Hall–Kier alpha value is -2.12. The normalized spacial score (nSPS) is 19.4. The van der Waals surface area contributed by atoms with E-state index in [1.165, 1.54) is 6.42 Å². The Morgan fingerprint density at radius 2 is 2.11 bits per heavy atom. The van der Waals surface area contributed by atoms with E-state index in [9.17, 15) is 9.59 Å². The van der Waals surface area contributed by atoms with Crippen molar-refractivity contribution in [2.75, 3.05) is 6.54 Å². The number of rotatable bonds is 2. The van der Waals surface area contributed by atoms with E-state index in [-0.39, 0.29) is 6.54 Å². The molecule has 1 aliphatic carbocycles. The van der Waals surface area contributed by atoms with Crippen LogP contribution in [-0.2, 0) is 0 Å². The summed E-state index contributed by atoms with van der Waals surface area (Å²) < 4.78 is 0. The van der Waals surface area contributed by atoms with E-state index in [0.29, 0.717) is 5.71 Å². The maximum atomic E-state index is 11.6. The maximum absolute atomic E-state index is 11.6. The molecular formula is C11H18N6O2. The van der Waals surface area contributed by atoms with Gasteiger partial charge in [-0.3, -0.25) is 0 Å². The number of nitrogens with zero attached hydrogens (tertiary/aromatic N) is 3. The molecule has 0 aromatic rings. The summed E-state index contributed by atoms with van der Waals surface area (Å²) in [6, 6.07) is -0.992. The van der Waals surface area contributed by atoms with Gasteiger partial charge in [0.25, 0.3) is 0 Å². The predicted molar refractivity (Wildman–Crippen MR) is 70.5 cm³/mol. The summed E-state index contributed by atoms with van der Waals surface area (Å²) in [5.41, 5.74) is 8.83. The van der Waals surface area contributed by atoms with E-state index in [4.69, 9.17) is 0 Å². The lowest BCUT2D eigenvalue weighted by Crippen LogP contribution is -2.56. The summed E-state index contributed by atoms with van der Waals surface area (Å²) in [6.07, 6.45) is 5.31. The second kappa shape index (κ2) is 6.17. The van der Waals surface area contributed by atoms with Gasteiger partial charge in [-0.05, 0) is 32.6 Å². The average molecular weight is 266 g/mol. The van der Waals surface area contributed by atoms with Crippen LogP contribution in [0.15, 0.2) is 10.2 Å². The van der Waals surface area contributed by atoms with E-state index >= 15 is 0 Å². The highest BCUT2D eigenvalue weighted by molar-refractivity contribution is 5.92. The minimum atomic E-state index is -0.525. The Kier molecular flexibility index (Phi) is 4.32. The van der Waals surface area contributed by atoms with E-state index in [2.05, 4.69) is 26.5 Å². The number of hydrazine groups is 1. The Bertz CT molecular complexity index is 423. The van der Waals surface area contributed by atoms with Gasteiger partial charge in [-0.15, -0.1) is 0 Å². The van der Waals surface area contributed by atoms with Crippen molar-refractivity contribution < 1.29 is 9.59 Å². The van der Waals surface area contributed by atoms with Gasteiger partial charge in [0.2, 0.25) is 0 Å². The molecule has 0 atom stereocenters. The van der Waals surface area contributed by atoms with Gasteiger partial charge in [0.05, 0.1) is 12.3 Å². The Labute approximate surface area is 111 Å². The van der Waals surface area contributed by atoms with Crippen LogP contribution in [0.4, 0.5) is 9.59 Å². The molecule has 19 heavy (non-hydrogen) atoms. The molecule has 2 aliphatic rings. The second-order valence-corrected chi connectivity index (χ2v) is 4.64. The van der Waals surface area contributed by atoms with Crippen molar-refractivity contribution in [2.24, 2.45) is 10.2 Å². The SMILES string of the molecule is CC1=NNC(=O)N(NC(=O)NN=C2CCCCC2)C1. The van der Waals surface area contributed by atoms with Crippen LogP contribution in [0.1, 0.15) is 39.0 Å². The number of carbonyl (C=O) groups excluding carboxylic acids is 2. The fourth-order valence-electron chi connectivity index (χ4n) is 1.98. The molecular weight excluding hydrogens is 248 g/mol. The van der Waals surface area contributed by atoms with Crippen LogP contribution in [0.25, 0.3) is 0 Å². The van der Waals surface area contributed by atoms with Crippen molar-refractivity contribution in [3.8, 4) is 0 Å². The van der Waals surface area contributed by atoms with Crippen LogP contribution in [-0.4, -0.2) is 35.0 Å². The van der Waals surface area contributed by atoms with Crippen molar-refractivity contribution in [1.29, 1.82) is 0 Å². The van der Waals surface area contributed by atoms with Crippen LogP contribution in [0.2, 0.25) is 0 Å². The number of amides is 4. The second-order valence-electron chi connectivity index (χ2n) is 4.64. The third-order valence-corrected chi connectivity index (χ3v) is 2.96. The van der Waals surface area contributed by atoms with E-state index in [1.807, 2.05) is 0 Å². The van der Waals surface area contributed by atoms with Gasteiger partial charge in [0, 0.05) is 5.71 Å². The minimum Gasteiger partial charge on any atom is -0.245 e. The predicted octanol–water partition coefficient (Wildman–Crippen LogP) is 0.922. The third-order valence-electron chi connectivity index (χ3n) is 2.96. The fraction of sp³-hybridized carbons (Fsp3) is 0.636. The molecule has 4 amide bonds. The molecule has 8 heteroatoms. The maximum Gasteiger partial charge on any atom is 0.356 e. The first kappa shape index (κ1) is 13.3. The highest BCUT2D eigenvalue weighted by Crippen LogP contribution is 2.14. The summed E-state index contributed by atoms with van der Waals surface area (Å²) in [5, 5.41) is 8.97. The van der Waals surface area contributed by atoms with Gasteiger partial charge in [-0.2, -0.15) is 10.2 Å². The molecule has 2 rings (SSSR count). The molecule has 0 aromatic heterocycles. The summed E-state index contributed by atoms with van der Waals surface area (Å²) in [5.74, 6) is 0. The van der Waals surface area contributed by atoms with E-state index in [0.717, 1.165) is 36.4 Å². The Balaban J connectivity index is 1.80. The molecule has 8 nitrogen and oxygen atoms in total. The molecule has 1 saturated carbocycles. The topological polar surface area (TPSA) is 98.2 Å². The Morgan fingerprint density at radius 1 is 1.37 bits per heavy atom. The van der Waals surface area contributed by atoms with E-state index < -0.39 is 12.1 Å². The molecule has 1 heterocycles. The largest absolute Gasteiger partial charge is 0.356 e. The van der Waals surface area contributed by atoms with Gasteiger partial charge in [0.1, 0.15) is 0 Å². The number of nitrogens with one attached hydrogen (secondary N) is 3. The number of hydrazone groups is 2. The number of carbonyl (C=O) groups is 2. The van der Waals surface area contributed by atoms with Gasteiger partial charge < -0.3 is 0 Å². The highest BCUT2D eigenvalue weighted by atomic mass is 16.2. The quantitative estimate of drug-likeness (QED) is 0.648. The molecule has 3 N–H and O–H groups in total. The van der Waals surface area contributed by atoms with Crippen molar-refractivity contribution in [1.82, 2.24) is 21.3 Å². The molecule has 0 bridgehead atoms. The smallest absolute Gasteiger partial charge is 0.245 e. The number of urea groups is 2. The molecule has 104 valence electrons. The zero-order chi connectivity index (χ0) is 13.7. The monoisotopic (exact) mass is 266 g/mol. The molecule has 1 fully saturated rings. The van der Waals surface area contributed by atoms with Gasteiger partial charge >= 0.3 is 12.1 Å². The zero-order valence-corrected chi connectivity index (χ0v) is 10.9. The zero-order valence-electron chi connectivity index (χ0n) is 10.9. The number of hydrogen-bond donors (Lipinski definition) is 3. The average Bonchev–Trinajstić information content (AvgIpc) is 2.42. The summed E-state index contributed by atoms with van der Waals surface area (Å²) in [4.78, 5) is 23.0. The molecule has 0 spiro atoms. The Morgan fingerprint density at radius 3 is 2.84 bits per heavy atom. The van der Waals surface area contributed by atoms with Crippen LogP contribution >= 0.6 is 0 Å². The molecule has 0 unspecified atom stereocenters. The van der Waals surface area contributed by atoms with Crippen LogP contribution in [0.5, 0.6) is 0 Å². The summed E-state index contributed by atoms with van der Waals surface area (Å²) in [7, 11) is 0. The minimum absolute atomic E-state index is 0.260. The van der Waals surface area contributed by atoms with Crippen LogP contribution in [0.3, 0.4) is 0 Å². The van der Waals surface area contributed by atoms with Crippen molar-refractivity contribution in [3.05, 3.63) is 0 Å². The van der Waals surface area contributed by atoms with E-state index in [1.54, 1.807) is 6.92 Å². The summed E-state index contributed by atoms with van der Waals surface area (Å²) in [6.45, 7) is 2.02. The van der Waals surface area contributed by atoms with Gasteiger partial charge in [-0.25, -0.2) is 30.9 Å². The molecule has 0 radical (unpaired) electrons. The fourth-order valence-corrected chi connectivity index (χ4v) is 1.98. The summed E-state index contributed by atoms with van der Waals surface area (Å²) >= 11 is 0. The first-order valence-electron chi connectivity index (χ1n) is 6.38. The number of hydrogen-bond acceptors (Lipinski definition) is 4. The first-order chi connectivity index (χ1) is 9.15. The van der Waals surface area contributed by atoms with Crippen molar-refractivity contribution >= 4 is 23.5 Å². The van der Waals surface area contributed by atoms with Crippen LogP contribution in [0, 0.1) is 0 Å². The third kappa shape index (κ3) is 3.94. The van der Waals surface area contributed by atoms with Crippen molar-refractivity contribution in [2.45, 2.75) is 39.0 Å². The van der Waals surface area contributed by atoms with Gasteiger partial charge in [0.15, 0.2) is 0 Å². The van der Waals surface area contributed by atoms with Crippen molar-refractivity contribution in [3.63, 3.8) is 0 Å². The molecule has 0 saturated heterocycles. The lowest BCUT2D eigenvalue weighted by atomic mass is 9.99. The van der Waals surface area contributed by atoms with Gasteiger partial charge in [-0.1, -0.05) is 6.42 Å².